The lowest BCUT2D eigenvalue weighted by atomic mass is 10.0. The molecule has 2 nitrogen and oxygen atoms in total. The van der Waals surface area contributed by atoms with Crippen LogP contribution in [-0.4, -0.2) is 31.6 Å². The summed E-state index contributed by atoms with van der Waals surface area (Å²) in [5.41, 5.74) is 1.36. The Balaban J connectivity index is 2.51. The highest BCUT2D eigenvalue weighted by Crippen LogP contribution is 2.15. The van der Waals surface area contributed by atoms with Gasteiger partial charge in [0.05, 0.1) is 0 Å². The summed E-state index contributed by atoms with van der Waals surface area (Å²) in [6.07, 6.45) is 1.24. The van der Waals surface area contributed by atoms with Crippen LogP contribution in [0.5, 0.6) is 0 Å². The molecule has 1 aromatic carbocycles. The van der Waals surface area contributed by atoms with Crippen molar-refractivity contribution >= 4 is 22.6 Å². The predicted molar refractivity (Wildman–Crippen MR) is 92.5 cm³/mol. The smallest absolute Gasteiger partial charge is 0.0292 e. The van der Waals surface area contributed by atoms with Gasteiger partial charge >= 0.3 is 0 Å². The summed E-state index contributed by atoms with van der Waals surface area (Å²) >= 11 is 2.35. The van der Waals surface area contributed by atoms with Crippen LogP contribution in [0.4, 0.5) is 0 Å². The first-order chi connectivity index (χ1) is 8.90. The summed E-state index contributed by atoms with van der Waals surface area (Å²) in [5.74, 6) is 0.739. The Labute approximate surface area is 132 Å². The fourth-order valence-electron chi connectivity index (χ4n) is 2.20. The first-order valence-electron chi connectivity index (χ1n) is 7.05. The van der Waals surface area contributed by atoms with Crippen LogP contribution in [0.1, 0.15) is 38.8 Å². The second kappa shape index (κ2) is 8.22. The maximum atomic E-state index is 3.66. The molecule has 0 aliphatic heterocycles. The van der Waals surface area contributed by atoms with E-state index in [0.29, 0.717) is 12.1 Å². The highest BCUT2D eigenvalue weighted by molar-refractivity contribution is 14.1. The third-order valence-electron chi connectivity index (χ3n) is 3.50. The van der Waals surface area contributed by atoms with E-state index < -0.39 is 0 Å². The van der Waals surface area contributed by atoms with Gasteiger partial charge in [0, 0.05) is 22.2 Å². The van der Waals surface area contributed by atoms with Gasteiger partial charge in [-0.15, -0.1) is 0 Å². The van der Waals surface area contributed by atoms with E-state index in [2.05, 4.69) is 91.9 Å². The van der Waals surface area contributed by atoms with Crippen molar-refractivity contribution in [1.29, 1.82) is 0 Å². The maximum absolute atomic E-state index is 3.66. The molecule has 0 spiro atoms. The van der Waals surface area contributed by atoms with Gasteiger partial charge in [-0.1, -0.05) is 26.0 Å². The topological polar surface area (TPSA) is 15.3 Å². The molecule has 0 fully saturated rings. The van der Waals surface area contributed by atoms with Gasteiger partial charge < -0.3 is 10.2 Å². The Kier molecular flexibility index (Phi) is 7.32. The van der Waals surface area contributed by atoms with Gasteiger partial charge in [-0.25, -0.2) is 0 Å². The molecule has 1 N–H and O–H groups in total. The van der Waals surface area contributed by atoms with Crippen molar-refractivity contribution in [2.45, 2.75) is 39.3 Å². The molecule has 1 rings (SSSR count). The zero-order chi connectivity index (χ0) is 14.4. The Morgan fingerprint density at radius 3 is 2.16 bits per heavy atom. The molecule has 2 atom stereocenters. The summed E-state index contributed by atoms with van der Waals surface area (Å²) in [6.45, 7) is 7.86. The van der Waals surface area contributed by atoms with Gasteiger partial charge in [-0.05, 0) is 73.6 Å². The van der Waals surface area contributed by atoms with E-state index in [0.717, 1.165) is 12.5 Å². The maximum Gasteiger partial charge on any atom is 0.0292 e. The van der Waals surface area contributed by atoms with Crippen LogP contribution in [0.25, 0.3) is 0 Å². The quantitative estimate of drug-likeness (QED) is 0.728. The SMILES string of the molecule is CC(C)CC(CNC(C)c1ccc(I)cc1)N(C)C. The van der Waals surface area contributed by atoms with Gasteiger partial charge in [-0.3, -0.25) is 0 Å². The van der Waals surface area contributed by atoms with Crippen LogP contribution in [0, 0.1) is 9.49 Å². The molecule has 0 saturated heterocycles. The fourth-order valence-corrected chi connectivity index (χ4v) is 2.56. The molecule has 2 unspecified atom stereocenters. The lowest BCUT2D eigenvalue weighted by Gasteiger charge is -2.28. The molecule has 0 heterocycles. The second-order valence-corrected chi connectivity index (χ2v) is 7.17. The van der Waals surface area contributed by atoms with Gasteiger partial charge in [0.15, 0.2) is 0 Å². The summed E-state index contributed by atoms with van der Waals surface area (Å²) in [7, 11) is 4.34. The van der Waals surface area contributed by atoms with Crippen molar-refractivity contribution in [2.24, 2.45) is 5.92 Å². The number of hydrogen-bond acceptors (Lipinski definition) is 2. The number of likely N-dealkylation sites (N-methyl/N-ethyl adjacent to an activating group) is 1. The number of rotatable bonds is 7. The number of nitrogens with zero attached hydrogens (tertiary/aromatic N) is 1. The number of hydrogen-bond donors (Lipinski definition) is 1. The molecule has 0 aliphatic rings. The van der Waals surface area contributed by atoms with Crippen molar-refractivity contribution in [3.63, 3.8) is 0 Å². The lowest BCUT2D eigenvalue weighted by molar-refractivity contribution is 0.242. The fraction of sp³-hybridized carbons (Fsp3) is 0.625. The Morgan fingerprint density at radius 2 is 1.68 bits per heavy atom. The number of nitrogens with one attached hydrogen (secondary N) is 1. The summed E-state index contributed by atoms with van der Waals surface area (Å²) < 4.78 is 1.29. The molecule has 0 aromatic heterocycles. The van der Waals surface area contributed by atoms with E-state index in [1.807, 2.05) is 0 Å². The number of benzene rings is 1. The van der Waals surface area contributed by atoms with Crippen molar-refractivity contribution in [1.82, 2.24) is 10.2 Å². The molecule has 0 aliphatic carbocycles. The van der Waals surface area contributed by atoms with Crippen LogP contribution in [-0.2, 0) is 0 Å². The van der Waals surface area contributed by atoms with Crippen LogP contribution >= 0.6 is 22.6 Å². The van der Waals surface area contributed by atoms with E-state index in [9.17, 15) is 0 Å². The molecule has 108 valence electrons. The molecule has 0 amide bonds. The summed E-state index contributed by atoms with van der Waals surface area (Å²) in [4.78, 5) is 2.33. The largest absolute Gasteiger partial charge is 0.309 e. The van der Waals surface area contributed by atoms with Crippen LogP contribution < -0.4 is 5.32 Å². The Hall–Kier alpha value is -0.130. The standard InChI is InChI=1S/C16H27IN2/c1-12(2)10-16(19(4)5)11-18-13(3)14-6-8-15(17)9-7-14/h6-9,12-13,16,18H,10-11H2,1-5H3. The number of halogens is 1. The second-order valence-electron chi connectivity index (χ2n) is 5.93. The first-order valence-corrected chi connectivity index (χ1v) is 8.13. The molecule has 19 heavy (non-hydrogen) atoms. The predicted octanol–water partition coefficient (Wildman–Crippen LogP) is 3.92. The molecular formula is C16H27IN2. The van der Waals surface area contributed by atoms with Crippen molar-refractivity contribution in [3.05, 3.63) is 33.4 Å². The third kappa shape index (κ3) is 6.23. The average molecular weight is 374 g/mol. The van der Waals surface area contributed by atoms with E-state index in [4.69, 9.17) is 0 Å². The monoisotopic (exact) mass is 374 g/mol. The van der Waals surface area contributed by atoms with Crippen LogP contribution in [0.2, 0.25) is 0 Å². The van der Waals surface area contributed by atoms with E-state index in [-0.39, 0.29) is 0 Å². The zero-order valence-corrected chi connectivity index (χ0v) is 14.9. The molecule has 0 radical (unpaired) electrons. The minimum Gasteiger partial charge on any atom is -0.309 e. The average Bonchev–Trinajstić information content (AvgIpc) is 2.34. The minimum atomic E-state index is 0.409. The third-order valence-corrected chi connectivity index (χ3v) is 4.22. The molecule has 3 heteroatoms. The zero-order valence-electron chi connectivity index (χ0n) is 12.8. The van der Waals surface area contributed by atoms with Crippen molar-refractivity contribution < 1.29 is 0 Å². The van der Waals surface area contributed by atoms with Gasteiger partial charge in [0.25, 0.3) is 0 Å². The normalized spacial score (nSPS) is 14.9. The molecule has 0 bridgehead atoms. The molecular weight excluding hydrogens is 347 g/mol. The summed E-state index contributed by atoms with van der Waals surface area (Å²) in [6, 6.07) is 9.79. The van der Waals surface area contributed by atoms with Crippen molar-refractivity contribution in [2.75, 3.05) is 20.6 Å². The highest BCUT2D eigenvalue weighted by atomic mass is 127. The van der Waals surface area contributed by atoms with Gasteiger partial charge in [0.1, 0.15) is 0 Å². The van der Waals surface area contributed by atoms with Gasteiger partial charge in [-0.2, -0.15) is 0 Å². The van der Waals surface area contributed by atoms with E-state index in [1.54, 1.807) is 0 Å². The first kappa shape index (κ1) is 16.9. The van der Waals surface area contributed by atoms with Crippen LogP contribution in [0.15, 0.2) is 24.3 Å². The van der Waals surface area contributed by atoms with Crippen molar-refractivity contribution in [3.8, 4) is 0 Å². The molecule has 0 saturated carbocycles. The summed E-state index contributed by atoms with van der Waals surface area (Å²) in [5, 5.41) is 3.66. The lowest BCUT2D eigenvalue weighted by Crippen LogP contribution is -2.39. The Bertz CT molecular complexity index is 360. The van der Waals surface area contributed by atoms with E-state index >= 15 is 0 Å². The van der Waals surface area contributed by atoms with E-state index in [1.165, 1.54) is 15.6 Å². The Morgan fingerprint density at radius 1 is 1.11 bits per heavy atom. The highest BCUT2D eigenvalue weighted by Gasteiger charge is 2.14. The molecule has 1 aromatic rings. The van der Waals surface area contributed by atoms with Crippen LogP contribution in [0.3, 0.4) is 0 Å². The van der Waals surface area contributed by atoms with Gasteiger partial charge in [0.2, 0.25) is 0 Å². The minimum absolute atomic E-state index is 0.409.